The molecule has 3 N–H and O–H groups in total. The highest BCUT2D eigenvalue weighted by molar-refractivity contribution is 14.1. The molecule has 1 aromatic carbocycles. The van der Waals surface area contributed by atoms with Gasteiger partial charge in [0, 0.05) is 15.8 Å². The first-order valence-corrected chi connectivity index (χ1v) is 6.68. The van der Waals surface area contributed by atoms with Gasteiger partial charge in [0.25, 0.3) is 5.91 Å². The van der Waals surface area contributed by atoms with Crippen LogP contribution in [0, 0.1) is 3.57 Å². The lowest BCUT2D eigenvalue weighted by Crippen LogP contribution is -2.36. The molecule has 1 aromatic rings. The first-order chi connectivity index (χ1) is 8.95. The molecule has 0 saturated carbocycles. The Hall–Kier alpha value is -1.57. The van der Waals surface area contributed by atoms with Gasteiger partial charge < -0.3 is 15.8 Å². The minimum Gasteiger partial charge on any atom is -0.449 e. The number of amides is 1. The molecular formula is C13H15IN2O3. The molecule has 102 valence electrons. The topological polar surface area (TPSA) is 81.4 Å². The van der Waals surface area contributed by atoms with Crippen molar-refractivity contribution in [1.29, 1.82) is 0 Å². The van der Waals surface area contributed by atoms with E-state index in [0.29, 0.717) is 12.2 Å². The van der Waals surface area contributed by atoms with Crippen LogP contribution in [0.2, 0.25) is 0 Å². The molecule has 0 radical (unpaired) electrons. The molecule has 0 aliphatic carbocycles. The summed E-state index contributed by atoms with van der Waals surface area (Å²) in [7, 11) is 0. The van der Waals surface area contributed by atoms with Crippen molar-refractivity contribution in [2.24, 2.45) is 0 Å². The Morgan fingerprint density at radius 1 is 1.58 bits per heavy atom. The van der Waals surface area contributed by atoms with Crippen LogP contribution in [0.1, 0.15) is 17.3 Å². The quantitative estimate of drug-likeness (QED) is 0.356. The Morgan fingerprint density at radius 3 is 2.89 bits per heavy atom. The number of hydrogen-bond donors (Lipinski definition) is 2. The van der Waals surface area contributed by atoms with Gasteiger partial charge in [0.05, 0.1) is 5.56 Å². The molecule has 0 aliphatic heterocycles. The van der Waals surface area contributed by atoms with Crippen molar-refractivity contribution in [2.45, 2.75) is 13.0 Å². The van der Waals surface area contributed by atoms with E-state index < -0.39 is 12.1 Å². The molecule has 19 heavy (non-hydrogen) atoms. The average molecular weight is 374 g/mol. The van der Waals surface area contributed by atoms with Crippen molar-refractivity contribution in [3.8, 4) is 0 Å². The first-order valence-electron chi connectivity index (χ1n) is 5.60. The van der Waals surface area contributed by atoms with Gasteiger partial charge in [-0.25, -0.2) is 4.79 Å². The number of anilines is 1. The number of nitrogens with one attached hydrogen (secondary N) is 1. The van der Waals surface area contributed by atoms with Crippen molar-refractivity contribution in [2.75, 3.05) is 12.3 Å². The van der Waals surface area contributed by atoms with E-state index in [0.717, 1.165) is 3.57 Å². The number of halogens is 1. The minimum absolute atomic E-state index is 0.260. The number of nitrogens with two attached hydrogens (primary N) is 1. The van der Waals surface area contributed by atoms with E-state index in [9.17, 15) is 9.59 Å². The van der Waals surface area contributed by atoms with Crippen molar-refractivity contribution in [3.63, 3.8) is 0 Å². The normalized spacial score (nSPS) is 11.5. The summed E-state index contributed by atoms with van der Waals surface area (Å²) in [6, 6.07) is 5.03. The van der Waals surface area contributed by atoms with Crippen LogP contribution in [0.25, 0.3) is 0 Å². The molecule has 1 atom stereocenters. The molecular weight excluding hydrogens is 359 g/mol. The lowest BCUT2D eigenvalue weighted by atomic mass is 10.2. The summed E-state index contributed by atoms with van der Waals surface area (Å²) in [6.07, 6.45) is 0.661. The molecule has 0 unspecified atom stereocenters. The maximum absolute atomic E-state index is 11.9. The number of carbonyl (C=O) groups is 2. The first kappa shape index (κ1) is 15.5. The Morgan fingerprint density at radius 2 is 2.26 bits per heavy atom. The summed E-state index contributed by atoms with van der Waals surface area (Å²) in [5, 5.41) is 2.55. The zero-order chi connectivity index (χ0) is 14.4. The van der Waals surface area contributed by atoms with Crippen LogP contribution in [0.4, 0.5) is 5.69 Å². The van der Waals surface area contributed by atoms with Gasteiger partial charge in [-0.05, 0) is 47.7 Å². The van der Waals surface area contributed by atoms with Gasteiger partial charge in [-0.3, -0.25) is 4.79 Å². The largest absolute Gasteiger partial charge is 0.449 e. The fourth-order valence-corrected chi connectivity index (χ4v) is 1.79. The van der Waals surface area contributed by atoms with Crippen LogP contribution in [-0.2, 0) is 9.53 Å². The van der Waals surface area contributed by atoms with Crippen LogP contribution >= 0.6 is 22.6 Å². The van der Waals surface area contributed by atoms with E-state index in [1.807, 2.05) is 0 Å². The van der Waals surface area contributed by atoms with Gasteiger partial charge in [-0.1, -0.05) is 6.08 Å². The number of esters is 1. The number of hydrogen-bond acceptors (Lipinski definition) is 4. The van der Waals surface area contributed by atoms with Crippen LogP contribution in [0.15, 0.2) is 30.9 Å². The number of nitrogen functional groups attached to an aromatic ring is 1. The fraction of sp³-hybridized carbons (Fsp3) is 0.231. The molecule has 5 nitrogen and oxygen atoms in total. The van der Waals surface area contributed by atoms with Crippen molar-refractivity contribution >= 4 is 40.2 Å². The average Bonchev–Trinajstić information content (AvgIpc) is 2.38. The molecule has 0 fully saturated rings. The molecule has 0 heterocycles. The highest BCUT2D eigenvalue weighted by Gasteiger charge is 2.19. The third kappa shape index (κ3) is 4.55. The van der Waals surface area contributed by atoms with Gasteiger partial charge in [-0.15, -0.1) is 6.58 Å². The molecule has 0 saturated heterocycles. The number of carbonyl (C=O) groups excluding carboxylic acids is 2. The predicted octanol–water partition coefficient (Wildman–Crippen LogP) is 1.72. The predicted molar refractivity (Wildman–Crippen MR) is 81.7 cm³/mol. The van der Waals surface area contributed by atoms with Gasteiger partial charge in [0.2, 0.25) is 0 Å². The second-order valence-corrected chi connectivity index (χ2v) is 5.06. The highest BCUT2D eigenvalue weighted by Crippen LogP contribution is 2.17. The third-order valence-electron chi connectivity index (χ3n) is 2.31. The standard InChI is InChI=1S/C13H15IN2O3/c1-3-6-16-12(17)8(2)19-13(18)10-7-9(14)4-5-11(10)15/h3-5,7-8H,1,6,15H2,2H3,(H,16,17)/t8-/m0/s1. The second-order valence-electron chi connectivity index (χ2n) is 3.81. The summed E-state index contributed by atoms with van der Waals surface area (Å²) in [5.74, 6) is -0.991. The van der Waals surface area contributed by atoms with Gasteiger partial charge >= 0.3 is 5.97 Å². The van der Waals surface area contributed by atoms with Crippen LogP contribution < -0.4 is 11.1 Å². The summed E-state index contributed by atoms with van der Waals surface area (Å²) in [6.45, 7) is 5.31. The number of ether oxygens (including phenoxy) is 1. The second kappa shape index (κ2) is 7.13. The molecule has 1 amide bonds. The monoisotopic (exact) mass is 374 g/mol. The van der Waals surface area contributed by atoms with Gasteiger partial charge in [-0.2, -0.15) is 0 Å². The Labute approximate surface area is 125 Å². The lowest BCUT2D eigenvalue weighted by Gasteiger charge is -2.13. The summed E-state index contributed by atoms with van der Waals surface area (Å²) in [4.78, 5) is 23.5. The highest BCUT2D eigenvalue weighted by atomic mass is 127. The van der Waals surface area contributed by atoms with E-state index in [1.165, 1.54) is 6.92 Å². The molecule has 1 rings (SSSR count). The van der Waals surface area contributed by atoms with Crippen molar-refractivity contribution in [3.05, 3.63) is 40.0 Å². The number of benzene rings is 1. The maximum atomic E-state index is 11.9. The molecule has 0 aromatic heterocycles. The Balaban J connectivity index is 2.71. The fourth-order valence-electron chi connectivity index (χ4n) is 1.30. The molecule has 0 spiro atoms. The Bertz CT molecular complexity index is 503. The lowest BCUT2D eigenvalue weighted by molar-refractivity contribution is -0.128. The molecule has 6 heteroatoms. The van der Waals surface area contributed by atoms with Crippen LogP contribution in [-0.4, -0.2) is 24.5 Å². The zero-order valence-electron chi connectivity index (χ0n) is 10.5. The maximum Gasteiger partial charge on any atom is 0.341 e. The SMILES string of the molecule is C=CCNC(=O)[C@H](C)OC(=O)c1cc(I)ccc1N. The van der Waals surface area contributed by atoms with Gasteiger partial charge in [0.15, 0.2) is 6.10 Å². The Kier molecular flexibility index (Phi) is 5.81. The molecule has 0 bridgehead atoms. The third-order valence-corrected chi connectivity index (χ3v) is 2.98. The minimum atomic E-state index is -0.885. The van der Waals surface area contributed by atoms with E-state index >= 15 is 0 Å². The van der Waals surface area contributed by atoms with Crippen LogP contribution in [0.5, 0.6) is 0 Å². The van der Waals surface area contributed by atoms with Crippen LogP contribution in [0.3, 0.4) is 0 Å². The van der Waals surface area contributed by atoms with E-state index in [4.69, 9.17) is 10.5 Å². The summed E-state index contributed by atoms with van der Waals surface area (Å²) < 4.78 is 5.93. The van der Waals surface area contributed by atoms with Gasteiger partial charge in [0.1, 0.15) is 0 Å². The number of rotatable bonds is 5. The smallest absolute Gasteiger partial charge is 0.341 e. The van der Waals surface area contributed by atoms with E-state index in [1.54, 1.807) is 24.3 Å². The summed E-state index contributed by atoms with van der Waals surface area (Å²) >= 11 is 2.07. The van der Waals surface area contributed by atoms with E-state index in [2.05, 4.69) is 34.5 Å². The summed E-state index contributed by atoms with van der Waals surface area (Å²) in [5.41, 5.74) is 6.29. The van der Waals surface area contributed by atoms with Crippen molar-refractivity contribution < 1.29 is 14.3 Å². The molecule has 0 aliphatic rings. The van der Waals surface area contributed by atoms with E-state index in [-0.39, 0.29) is 11.5 Å². The zero-order valence-corrected chi connectivity index (χ0v) is 12.6. The van der Waals surface area contributed by atoms with Crippen molar-refractivity contribution in [1.82, 2.24) is 5.32 Å².